The monoisotopic (exact) mass is 254 g/mol. The number of allylic oxidation sites excluding steroid dienone is 1. The molecule has 0 aliphatic carbocycles. The maximum atomic E-state index is 12.5. The molecule has 0 aromatic heterocycles. The van der Waals surface area contributed by atoms with Crippen LogP contribution in [0.5, 0.6) is 0 Å². The maximum Gasteiger partial charge on any atom is 0.273 e. The van der Waals surface area contributed by atoms with Crippen LogP contribution in [0.3, 0.4) is 0 Å². The number of nitrogens with zero attached hydrogens (tertiary/aromatic N) is 3. The molecule has 1 amide bonds. The molecule has 0 fully saturated rings. The van der Waals surface area contributed by atoms with Gasteiger partial charge in [-0.25, -0.2) is 5.84 Å². The van der Waals surface area contributed by atoms with E-state index in [1.54, 1.807) is 19.0 Å². The van der Waals surface area contributed by atoms with Crippen molar-refractivity contribution in [3.8, 4) is 0 Å². The predicted molar refractivity (Wildman–Crippen MR) is 76.0 cm³/mol. The lowest BCUT2D eigenvalue weighted by atomic mass is 10.1. The quantitative estimate of drug-likeness (QED) is 0.352. The van der Waals surface area contributed by atoms with Crippen LogP contribution in [0.4, 0.5) is 0 Å². The van der Waals surface area contributed by atoms with Gasteiger partial charge < -0.3 is 9.91 Å². The van der Waals surface area contributed by atoms with Crippen molar-refractivity contribution in [2.45, 2.75) is 46.1 Å². The third-order valence-electron chi connectivity index (χ3n) is 2.82. The number of carbonyl (C=O) groups excluding carboxylic acids is 1. The molecule has 5 nitrogen and oxygen atoms in total. The Morgan fingerprint density at radius 1 is 1.33 bits per heavy atom. The summed E-state index contributed by atoms with van der Waals surface area (Å²) in [5.41, 5.74) is 0.782. The number of hydrogen-bond acceptors (Lipinski definition) is 4. The first-order valence-electron chi connectivity index (χ1n) is 6.13. The van der Waals surface area contributed by atoms with Crippen LogP contribution in [-0.2, 0) is 4.79 Å². The van der Waals surface area contributed by atoms with Gasteiger partial charge in [-0.2, -0.15) is 0 Å². The summed E-state index contributed by atoms with van der Waals surface area (Å²) < 4.78 is 0. The van der Waals surface area contributed by atoms with Gasteiger partial charge in [-0.15, -0.1) is 0 Å². The molecule has 0 heterocycles. The van der Waals surface area contributed by atoms with Crippen molar-refractivity contribution in [1.82, 2.24) is 9.91 Å². The molecule has 0 aliphatic rings. The minimum atomic E-state index is -0.267. The maximum absolute atomic E-state index is 12.5. The van der Waals surface area contributed by atoms with Gasteiger partial charge in [0, 0.05) is 19.6 Å². The van der Waals surface area contributed by atoms with Crippen molar-refractivity contribution in [3.05, 3.63) is 11.4 Å². The second-order valence-electron chi connectivity index (χ2n) is 5.35. The lowest BCUT2D eigenvalue weighted by Crippen LogP contribution is -2.47. The molecule has 0 atom stereocenters. The van der Waals surface area contributed by atoms with Crippen LogP contribution in [0.1, 0.15) is 40.5 Å². The molecule has 0 spiro atoms. The van der Waals surface area contributed by atoms with Crippen LogP contribution in [0.25, 0.3) is 0 Å². The smallest absolute Gasteiger partial charge is 0.273 e. The van der Waals surface area contributed by atoms with Gasteiger partial charge >= 0.3 is 0 Å². The van der Waals surface area contributed by atoms with Crippen molar-refractivity contribution in [1.29, 1.82) is 0 Å². The molecule has 0 unspecified atom stereocenters. The zero-order valence-electron chi connectivity index (χ0n) is 12.4. The molecule has 0 aliphatic heterocycles. The molecule has 104 valence electrons. The summed E-state index contributed by atoms with van der Waals surface area (Å²) in [4.78, 5) is 18.1. The fourth-order valence-electron chi connectivity index (χ4n) is 1.45. The Morgan fingerprint density at radius 2 is 1.83 bits per heavy atom. The minimum absolute atomic E-state index is 0.136. The van der Waals surface area contributed by atoms with Crippen molar-refractivity contribution < 1.29 is 4.79 Å². The number of nitrogens with two attached hydrogens (primary N) is 1. The van der Waals surface area contributed by atoms with E-state index in [1.807, 2.05) is 27.7 Å². The molecular formula is C13H26N4O. The van der Waals surface area contributed by atoms with Crippen LogP contribution in [0.15, 0.2) is 16.4 Å². The van der Waals surface area contributed by atoms with Gasteiger partial charge in [0.1, 0.15) is 5.70 Å². The molecule has 0 radical (unpaired) electrons. The van der Waals surface area contributed by atoms with Crippen LogP contribution in [0, 0.1) is 0 Å². The fraction of sp³-hybridized carbons (Fsp3) is 0.692. The zero-order chi connectivity index (χ0) is 14.5. The first-order chi connectivity index (χ1) is 8.16. The van der Waals surface area contributed by atoms with Gasteiger partial charge in [0.25, 0.3) is 5.91 Å². The van der Waals surface area contributed by atoms with E-state index in [4.69, 9.17) is 5.84 Å². The van der Waals surface area contributed by atoms with Crippen LogP contribution >= 0.6 is 0 Å². The number of hydrazine groups is 1. The molecule has 0 rings (SSSR count). The minimum Gasteiger partial charge on any atom is -0.336 e. The summed E-state index contributed by atoms with van der Waals surface area (Å²) in [5.74, 6) is 5.63. The summed E-state index contributed by atoms with van der Waals surface area (Å²) in [6.45, 7) is 11.5. The summed E-state index contributed by atoms with van der Waals surface area (Å²) in [6.07, 6.45) is 1.57. The van der Waals surface area contributed by atoms with Gasteiger partial charge in [-0.1, -0.05) is 13.3 Å². The van der Waals surface area contributed by atoms with Crippen LogP contribution < -0.4 is 5.84 Å². The summed E-state index contributed by atoms with van der Waals surface area (Å²) in [6, 6.07) is 0. The fourth-order valence-corrected chi connectivity index (χ4v) is 1.45. The number of likely N-dealkylation sites (N-methyl/N-ethyl adjacent to an activating group) is 2. The molecular weight excluding hydrogens is 228 g/mol. The summed E-state index contributed by atoms with van der Waals surface area (Å²) in [5, 5.41) is 1.32. The van der Waals surface area contributed by atoms with E-state index in [2.05, 4.69) is 11.7 Å². The highest BCUT2D eigenvalue weighted by atomic mass is 16.2. The number of hydrogen-bond donors (Lipinski definition) is 1. The highest BCUT2D eigenvalue weighted by molar-refractivity contribution is 5.93. The standard InChI is InChI=1S/C13H26N4O/c1-8-9-10(15-5)11(17(7)14)12(18)16(6)13(2,3)4/h5,8-9,14H2,1-4,6-7H3/b11-10+. The van der Waals surface area contributed by atoms with E-state index in [0.29, 0.717) is 17.8 Å². The Labute approximate surface area is 110 Å². The summed E-state index contributed by atoms with van der Waals surface area (Å²) >= 11 is 0. The average molecular weight is 254 g/mol. The van der Waals surface area contributed by atoms with Crippen LogP contribution in [0.2, 0.25) is 0 Å². The van der Waals surface area contributed by atoms with Crippen molar-refractivity contribution in [3.63, 3.8) is 0 Å². The van der Waals surface area contributed by atoms with E-state index in [-0.39, 0.29) is 11.4 Å². The Bertz CT molecular complexity index is 339. The van der Waals surface area contributed by atoms with E-state index < -0.39 is 0 Å². The van der Waals surface area contributed by atoms with E-state index in [1.165, 1.54) is 5.01 Å². The first kappa shape index (κ1) is 16.6. The van der Waals surface area contributed by atoms with Gasteiger partial charge in [-0.3, -0.25) is 9.79 Å². The summed E-state index contributed by atoms with van der Waals surface area (Å²) in [7, 11) is 3.41. The molecule has 0 aromatic carbocycles. The van der Waals surface area contributed by atoms with Crippen molar-refractivity contribution >= 4 is 12.6 Å². The second kappa shape index (κ2) is 6.54. The zero-order valence-corrected chi connectivity index (χ0v) is 12.4. The topological polar surface area (TPSA) is 61.9 Å². The highest BCUT2D eigenvalue weighted by Crippen LogP contribution is 2.20. The highest BCUT2D eigenvalue weighted by Gasteiger charge is 2.28. The van der Waals surface area contributed by atoms with E-state index >= 15 is 0 Å². The third-order valence-corrected chi connectivity index (χ3v) is 2.82. The molecule has 0 aromatic rings. The van der Waals surface area contributed by atoms with Crippen molar-refractivity contribution in [2.24, 2.45) is 10.8 Å². The SMILES string of the molecule is C=N/C(CCC)=C(\C(=O)N(C)C(C)(C)C)N(C)N. The number of amides is 1. The Kier molecular flexibility index (Phi) is 6.05. The predicted octanol–water partition coefficient (Wildman–Crippen LogP) is 1.76. The first-order valence-corrected chi connectivity index (χ1v) is 6.13. The van der Waals surface area contributed by atoms with E-state index in [0.717, 1.165) is 6.42 Å². The number of carbonyl (C=O) groups is 1. The Balaban J connectivity index is 5.50. The molecule has 5 heteroatoms. The second-order valence-corrected chi connectivity index (χ2v) is 5.35. The van der Waals surface area contributed by atoms with Gasteiger partial charge in [0.2, 0.25) is 0 Å². The van der Waals surface area contributed by atoms with Gasteiger partial charge in [0.05, 0.1) is 5.70 Å². The number of rotatable bonds is 5. The van der Waals surface area contributed by atoms with Gasteiger partial charge in [-0.05, 0) is 33.9 Å². The van der Waals surface area contributed by atoms with Crippen LogP contribution in [-0.4, -0.2) is 42.2 Å². The number of aliphatic imine (C=N–C) groups is 1. The van der Waals surface area contributed by atoms with E-state index in [9.17, 15) is 4.79 Å². The Hall–Kier alpha value is -1.36. The molecule has 2 N–H and O–H groups in total. The third kappa shape index (κ3) is 4.14. The largest absolute Gasteiger partial charge is 0.336 e. The molecule has 0 saturated heterocycles. The molecule has 0 bridgehead atoms. The van der Waals surface area contributed by atoms with Crippen molar-refractivity contribution in [2.75, 3.05) is 14.1 Å². The Morgan fingerprint density at radius 3 is 2.11 bits per heavy atom. The lowest BCUT2D eigenvalue weighted by Gasteiger charge is -2.34. The molecule has 18 heavy (non-hydrogen) atoms. The average Bonchev–Trinajstić information content (AvgIpc) is 2.25. The normalized spacial score (nSPS) is 12.8. The lowest BCUT2D eigenvalue weighted by molar-refractivity contribution is -0.131. The molecule has 0 saturated carbocycles. The van der Waals surface area contributed by atoms with Gasteiger partial charge in [0.15, 0.2) is 0 Å².